The molecular weight excluding hydrogens is 268 g/mol. The second-order valence-corrected chi connectivity index (χ2v) is 5.62. The molecule has 2 atom stereocenters. The molecule has 1 aromatic carbocycles. The van der Waals surface area contributed by atoms with Crippen LogP contribution in [-0.2, 0) is 6.42 Å². The number of hydrogen-bond donors (Lipinski definition) is 1. The molecule has 3 heteroatoms. The first-order chi connectivity index (χ1) is 7.68. The van der Waals surface area contributed by atoms with E-state index in [2.05, 4.69) is 28.9 Å². The van der Waals surface area contributed by atoms with Crippen molar-refractivity contribution >= 4 is 15.9 Å². The first-order valence-electron chi connectivity index (χ1n) is 5.84. The molecule has 86 valence electrons. The van der Waals surface area contributed by atoms with E-state index >= 15 is 0 Å². The molecule has 1 N–H and O–H groups in total. The van der Waals surface area contributed by atoms with E-state index in [1.54, 1.807) is 0 Å². The molecule has 1 aliphatic heterocycles. The van der Waals surface area contributed by atoms with Gasteiger partial charge in [-0.05, 0) is 30.4 Å². The summed E-state index contributed by atoms with van der Waals surface area (Å²) < 4.78 is 6.79. The van der Waals surface area contributed by atoms with Gasteiger partial charge < -0.3 is 9.84 Å². The van der Waals surface area contributed by atoms with Crippen molar-refractivity contribution in [3.8, 4) is 5.75 Å². The number of ether oxygens (including phenoxy) is 1. The highest BCUT2D eigenvalue weighted by atomic mass is 79.9. The van der Waals surface area contributed by atoms with Gasteiger partial charge in [-0.1, -0.05) is 22.9 Å². The first-order valence-corrected chi connectivity index (χ1v) is 6.64. The van der Waals surface area contributed by atoms with Gasteiger partial charge in [0.15, 0.2) is 0 Å². The molecule has 1 aliphatic carbocycles. The smallest absolute Gasteiger partial charge is 0.126 e. The molecule has 2 nitrogen and oxygen atoms in total. The molecule has 0 bridgehead atoms. The van der Waals surface area contributed by atoms with Crippen LogP contribution in [0.2, 0.25) is 0 Å². The molecule has 0 aromatic heterocycles. The molecule has 0 saturated heterocycles. The zero-order valence-electron chi connectivity index (χ0n) is 9.29. The highest BCUT2D eigenvalue weighted by molar-refractivity contribution is 9.10. The van der Waals surface area contributed by atoms with Crippen molar-refractivity contribution in [1.29, 1.82) is 0 Å². The van der Waals surface area contributed by atoms with Gasteiger partial charge in [0.1, 0.15) is 5.75 Å². The first kappa shape index (κ1) is 10.6. The molecule has 1 heterocycles. The van der Waals surface area contributed by atoms with Crippen LogP contribution in [0.3, 0.4) is 0 Å². The molecule has 1 aromatic rings. The third kappa shape index (κ3) is 1.41. The van der Waals surface area contributed by atoms with Crippen molar-refractivity contribution in [2.24, 2.45) is 0 Å². The van der Waals surface area contributed by atoms with Crippen LogP contribution in [-0.4, -0.2) is 11.7 Å². The number of halogens is 1. The molecule has 0 spiro atoms. The second kappa shape index (κ2) is 3.74. The number of hydrogen-bond acceptors (Lipinski definition) is 2. The highest BCUT2D eigenvalue weighted by Crippen LogP contribution is 2.48. The van der Waals surface area contributed by atoms with E-state index in [9.17, 15) is 5.11 Å². The van der Waals surface area contributed by atoms with Crippen LogP contribution in [0, 0.1) is 0 Å². The molecule has 0 amide bonds. The second-order valence-electron chi connectivity index (χ2n) is 4.77. The Balaban J connectivity index is 2.27. The maximum absolute atomic E-state index is 10.1. The van der Waals surface area contributed by atoms with Gasteiger partial charge in [-0.3, -0.25) is 0 Å². The molecule has 16 heavy (non-hydrogen) atoms. The average Bonchev–Trinajstić information content (AvgIpc) is 2.70. The fourth-order valence-electron chi connectivity index (χ4n) is 2.86. The van der Waals surface area contributed by atoms with E-state index in [0.29, 0.717) is 5.92 Å². The van der Waals surface area contributed by atoms with E-state index in [4.69, 9.17) is 4.74 Å². The largest absolute Gasteiger partial charge is 0.493 e. The van der Waals surface area contributed by atoms with Gasteiger partial charge in [-0.2, -0.15) is 0 Å². The quantitative estimate of drug-likeness (QED) is 0.791. The van der Waals surface area contributed by atoms with Crippen LogP contribution in [0.4, 0.5) is 0 Å². The van der Waals surface area contributed by atoms with Gasteiger partial charge in [-0.25, -0.2) is 0 Å². The predicted octanol–water partition coefficient (Wildman–Crippen LogP) is 3.31. The summed E-state index contributed by atoms with van der Waals surface area (Å²) in [6.45, 7) is 3.00. The topological polar surface area (TPSA) is 29.5 Å². The van der Waals surface area contributed by atoms with Gasteiger partial charge in [0.25, 0.3) is 0 Å². The number of rotatable bonds is 0. The minimum Gasteiger partial charge on any atom is -0.493 e. The maximum Gasteiger partial charge on any atom is 0.126 e. The maximum atomic E-state index is 10.1. The summed E-state index contributed by atoms with van der Waals surface area (Å²) in [6, 6.07) is 2.11. The van der Waals surface area contributed by atoms with Gasteiger partial charge in [0, 0.05) is 22.0 Å². The Morgan fingerprint density at radius 2 is 2.19 bits per heavy atom. The molecule has 0 fully saturated rings. The minimum absolute atomic E-state index is 0.338. The van der Waals surface area contributed by atoms with Crippen molar-refractivity contribution < 1.29 is 9.84 Å². The van der Waals surface area contributed by atoms with Crippen LogP contribution < -0.4 is 4.74 Å². The summed E-state index contributed by atoms with van der Waals surface area (Å²) in [5.74, 6) is 1.53. The number of fused-ring (bicyclic) bond motifs is 3. The van der Waals surface area contributed by atoms with E-state index < -0.39 is 0 Å². The zero-order chi connectivity index (χ0) is 11.3. The van der Waals surface area contributed by atoms with E-state index in [-0.39, 0.29) is 6.10 Å². The van der Waals surface area contributed by atoms with Crippen molar-refractivity contribution in [1.82, 2.24) is 0 Å². The Bertz CT molecular complexity index is 442. The highest BCUT2D eigenvalue weighted by Gasteiger charge is 2.31. The van der Waals surface area contributed by atoms with Crippen LogP contribution >= 0.6 is 15.9 Å². The standard InChI is InChI=1S/C13H15BrO2/c1-7-2-3-10(15)12-9(14)6-8-4-5-16-13(8)11(7)12/h6-7,10,15H,2-5H2,1H3/t7?,10-/m1/s1. The van der Waals surface area contributed by atoms with Gasteiger partial charge >= 0.3 is 0 Å². The van der Waals surface area contributed by atoms with E-state index in [1.165, 1.54) is 11.1 Å². The van der Waals surface area contributed by atoms with Crippen LogP contribution in [0.15, 0.2) is 10.5 Å². The molecule has 0 radical (unpaired) electrons. The molecule has 0 saturated carbocycles. The lowest BCUT2D eigenvalue weighted by Gasteiger charge is -2.29. The summed E-state index contributed by atoms with van der Waals surface area (Å²) in [5, 5.41) is 10.1. The minimum atomic E-state index is -0.338. The molecule has 1 unspecified atom stereocenters. The average molecular weight is 283 g/mol. The Morgan fingerprint density at radius 3 is 3.00 bits per heavy atom. The lowest BCUT2D eigenvalue weighted by molar-refractivity contribution is 0.149. The summed E-state index contributed by atoms with van der Waals surface area (Å²) in [4.78, 5) is 0. The van der Waals surface area contributed by atoms with Crippen LogP contribution in [0.25, 0.3) is 0 Å². The summed E-state index contributed by atoms with van der Waals surface area (Å²) in [6.07, 6.45) is 2.55. The van der Waals surface area contributed by atoms with Crippen molar-refractivity contribution in [2.45, 2.75) is 38.2 Å². The van der Waals surface area contributed by atoms with Gasteiger partial charge in [0.05, 0.1) is 12.7 Å². The lowest BCUT2D eigenvalue weighted by Crippen LogP contribution is -2.14. The van der Waals surface area contributed by atoms with E-state index in [0.717, 1.165) is 41.7 Å². The van der Waals surface area contributed by atoms with Gasteiger partial charge in [-0.15, -0.1) is 0 Å². The van der Waals surface area contributed by atoms with Crippen LogP contribution in [0.1, 0.15) is 48.5 Å². The van der Waals surface area contributed by atoms with Crippen molar-refractivity contribution in [3.05, 3.63) is 27.2 Å². The summed E-state index contributed by atoms with van der Waals surface area (Å²) in [5.41, 5.74) is 3.58. The Hall–Kier alpha value is -0.540. The Morgan fingerprint density at radius 1 is 1.38 bits per heavy atom. The molecular formula is C13H15BrO2. The fourth-order valence-corrected chi connectivity index (χ4v) is 3.62. The summed E-state index contributed by atoms with van der Waals surface area (Å²) >= 11 is 3.59. The van der Waals surface area contributed by atoms with Crippen molar-refractivity contribution in [2.75, 3.05) is 6.61 Å². The number of benzene rings is 1. The SMILES string of the molecule is CC1CC[C@@H](O)c2c(Br)cc3c(c21)OCC3. The normalized spacial score (nSPS) is 27.2. The monoisotopic (exact) mass is 282 g/mol. The Labute approximate surface area is 104 Å². The van der Waals surface area contributed by atoms with Crippen LogP contribution in [0.5, 0.6) is 5.75 Å². The van der Waals surface area contributed by atoms with E-state index in [1.807, 2.05) is 0 Å². The zero-order valence-corrected chi connectivity index (χ0v) is 10.9. The predicted molar refractivity (Wildman–Crippen MR) is 65.9 cm³/mol. The van der Waals surface area contributed by atoms with Gasteiger partial charge in [0.2, 0.25) is 0 Å². The number of aliphatic hydroxyl groups excluding tert-OH is 1. The number of aliphatic hydroxyl groups is 1. The third-order valence-electron chi connectivity index (χ3n) is 3.70. The fraction of sp³-hybridized carbons (Fsp3) is 0.538. The summed E-state index contributed by atoms with van der Waals surface area (Å²) in [7, 11) is 0. The third-order valence-corrected chi connectivity index (χ3v) is 4.36. The lowest BCUT2D eigenvalue weighted by atomic mass is 9.81. The molecule has 2 aliphatic rings. The van der Waals surface area contributed by atoms with Crippen molar-refractivity contribution in [3.63, 3.8) is 0 Å². The molecule has 3 rings (SSSR count). The Kier molecular flexibility index (Phi) is 2.48.